The molecule has 0 radical (unpaired) electrons. The summed E-state index contributed by atoms with van der Waals surface area (Å²) in [7, 11) is 2.13. The van der Waals surface area contributed by atoms with Crippen LogP contribution in [0.1, 0.15) is 31.7 Å². The standard InChI is InChI=1S/C17H26FN3/c1-13-9-17(11-19,12-21(13)16-6-7-16)20(2)10-14-4-3-5-15(18)8-14/h3-5,8,13,16H,6-7,9-12,19H2,1-2H3. The fraction of sp³-hybridized carbons (Fsp3) is 0.647. The van der Waals surface area contributed by atoms with Crippen LogP contribution in [-0.2, 0) is 6.54 Å². The van der Waals surface area contributed by atoms with Gasteiger partial charge in [0.2, 0.25) is 0 Å². The molecule has 1 aliphatic carbocycles. The van der Waals surface area contributed by atoms with E-state index in [9.17, 15) is 4.39 Å². The van der Waals surface area contributed by atoms with Crippen molar-refractivity contribution in [2.45, 2.75) is 50.4 Å². The zero-order valence-electron chi connectivity index (χ0n) is 13.1. The molecular formula is C17H26FN3. The average Bonchev–Trinajstić information content (AvgIpc) is 3.22. The Morgan fingerprint density at radius 2 is 2.19 bits per heavy atom. The second kappa shape index (κ2) is 5.67. The van der Waals surface area contributed by atoms with Crippen molar-refractivity contribution in [2.24, 2.45) is 5.73 Å². The highest BCUT2D eigenvalue weighted by molar-refractivity contribution is 5.17. The largest absolute Gasteiger partial charge is 0.329 e. The minimum Gasteiger partial charge on any atom is -0.329 e. The summed E-state index contributed by atoms with van der Waals surface area (Å²) in [6.45, 7) is 4.76. The molecule has 1 aromatic rings. The van der Waals surface area contributed by atoms with Gasteiger partial charge in [0.05, 0.1) is 0 Å². The van der Waals surface area contributed by atoms with Gasteiger partial charge in [-0.3, -0.25) is 9.80 Å². The molecule has 0 amide bonds. The lowest BCUT2D eigenvalue weighted by Gasteiger charge is -2.38. The van der Waals surface area contributed by atoms with E-state index in [4.69, 9.17) is 5.73 Å². The molecule has 1 aliphatic heterocycles. The average molecular weight is 291 g/mol. The summed E-state index contributed by atoms with van der Waals surface area (Å²) in [5.74, 6) is -0.165. The number of hydrogen-bond donors (Lipinski definition) is 1. The van der Waals surface area contributed by atoms with Crippen LogP contribution >= 0.6 is 0 Å². The van der Waals surface area contributed by atoms with Gasteiger partial charge in [0.25, 0.3) is 0 Å². The quantitative estimate of drug-likeness (QED) is 0.903. The molecule has 116 valence electrons. The number of likely N-dealkylation sites (tertiary alicyclic amines) is 1. The number of halogens is 1. The molecule has 3 nitrogen and oxygen atoms in total. The molecule has 0 bridgehead atoms. The molecule has 1 aromatic carbocycles. The first-order valence-corrected chi connectivity index (χ1v) is 7.95. The Bertz CT molecular complexity index is 503. The Morgan fingerprint density at radius 3 is 2.81 bits per heavy atom. The summed E-state index contributed by atoms with van der Waals surface area (Å²) < 4.78 is 13.4. The maximum atomic E-state index is 13.4. The van der Waals surface area contributed by atoms with Gasteiger partial charge in [0, 0.05) is 37.3 Å². The topological polar surface area (TPSA) is 32.5 Å². The van der Waals surface area contributed by atoms with E-state index in [1.165, 1.54) is 18.9 Å². The van der Waals surface area contributed by atoms with Crippen molar-refractivity contribution < 1.29 is 4.39 Å². The highest BCUT2D eigenvalue weighted by atomic mass is 19.1. The third kappa shape index (κ3) is 2.98. The molecule has 2 aliphatic rings. The van der Waals surface area contributed by atoms with E-state index >= 15 is 0 Å². The molecule has 2 fully saturated rings. The molecule has 4 heteroatoms. The number of benzene rings is 1. The third-order valence-electron chi connectivity index (χ3n) is 5.23. The van der Waals surface area contributed by atoms with E-state index < -0.39 is 0 Å². The predicted octanol–water partition coefficient (Wildman–Crippen LogP) is 2.21. The van der Waals surface area contributed by atoms with E-state index in [1.807, 2.05) is 6.07 Å². The van der Waals surface area contributed by atoms with Crippen molar-refractivity contribution in [3.63, 3.8) is 0 Å². The summed E-state index contributed by atoms with van der Waals surface area (Å²) in [5.41, 5.74) is 7.19. The molecular weight excluding hydrogens is 265 g/mol. The lowest BCUT2D eigenvalue weighted by Crippen LogP contribution is -2.53. The Labute approximate surface area is 126 Å². The van der Waals surface area contributed by atoms with Crippen LogP contribution in [0.2, 0.25) is 0 Å². The monoisotopic (exact) mass is 291 g/mol. The first-order valence-electron chi connectivity index (χ1n) is 7.95. The molecule has 21 heavy (non-hydrogen) atoms. The van der Waals surface area contributed by atoms with Gasteiger partial charge in [-0.25, -0.2) is 4.39 Å². The van der Waals surface area contributed by atoms with Crippen molar-refractivity contribution in [1.29, 1.82) is 0 Å². The van der Waals surface area contributed by atoms with Gasteiger partial charge in [0.1, 0.15) is 5.82 Å². The van der Waals surface area contributed by atoms with Crippen LogP contribution in [0.25, 0.3) is 0 Å². The van der Waals surface area contributed by atoms with Crippen molar-refractivity contribution >= 4 is 0 Å². The number of nitrogens with zero attached hydrogens (tertiary/aromatic N) is 2. The maximum Gasteiger partial charge on any atom is 0.123 e. The molecule has 1 saturated heterocycles. The summed E-state index contributed by atoms with van der Waals surface area (Å²) in [4.78, 5) is 4.95. The minimum absolute atomic E-state index is 0.0221. The van der Waals surface area contributed by atoms with E-state index in [0.29, 0.717) is 12.6 Å². The minimum atomic E-state index is -0.165. The van der Waals surface area contributed by atoms with E-state index in [0.717, 1.165) is 31.1 Å². The lowest BCUT2D eigenvalue weighted by molar-refractivity contribution is 0.120. The molecule has 3 rings (SSSR count). The zero-order chi connectivity index (χ0) is 15.0. The van der Waals surface area contributed by atoms with Gasteiger partial charge in [-0.1, -0.05) is 12.1 Å². The first kappa shape index (κ1) is 14.9. The van der Waals surface area contributed by atoms with Gasteiger partial charge in [-0.05, 0) is 50.9 Å². The van der Waals surface area contributed by atoms with Crippen LogP contribution in [0.4, 0.5) is 4.39 Å². The van der Waals surface area contributed by atoms with Crippen molar-refractivity contribution in [1.82, 2.24) is 9.80 Å². The van der Waals surface area contributed by atoms with Crippen LogP contribution in [0.15, 0.2) is 24.3 Å². The van der Waals surface area contributed by atoms with Crippen molar-refractivity contribution in [2.75, 3.05) is 20.1 Å². The summed E-state index contributed by atoms with van der Waals surface area (Å²) in [6.07, 6.45) is 3.77. The van der Waals surface area contributed by atoms with Gasteiger partial charge in [-0.2, -0.15) is 0 Å². The van der Waals surface area contributed by atoms with Crippen LogP contribution in [0, 0.1) is 5.82 Å². The SMILES string of the molecule is CC1CC(CN)(N(C)Cc2cccc(F)c2)CN1C1CC1. The zero-order valence-corrected chi connectivity index (χ0v) is 13.1. The molecule has 2 N–H and O–H groups in total. The lowest BCUT2D eigenvalue weighted by atomic mass is 9.94. The Kier molecular flexibility index (Phi) is 4.04. The maximum absolute atomic E-state index is 13.4. The molecule has 2 unspecified atom stereocenters. The smallest absolute Gasteiger partial charge is 0.123 e. The van der Waals surface area contributed by atoms with Crippen LogP contribution in [0.5, 0.6) is 0 Å². The van der Waals surface area contributed by atoms with Crippen molar-refractivity contribution in [3.05, 3.63) is 35.6 Å². The molecule has 1 heterocycles. The molecule has 2 atom stereocenters. The van der Waals surface area contributed by atoms with E-state index in [-0.39, 0.29) is 11.4 Å². The van der Waals surface area contributed by atoms with Crippen LogP contribution in [0.3, 0.4) is 0 Å². The van der Waals surface area contributed by atoms with Crippen LogP contribution in [-0.4, -0.2) is 47.6 Å². The molecule has 1 saturated carbocycles. The normalized spacial score (nSPS) is 30.2. The van der Waals surface area contributed by atoms with E-state index in [2.05, 4.69) is 23.8 Å². The summed E-state index contributed by atoms with van der Waals surface area (Å²) >= 11 is 0. The highest BCUT2D eigenvalue weighted by Gasteiger charge is 2.48. The number of nitrogens with two attached hydrogens (primary N) is 1. The second-order valence-corrected chi connectivity index (χ2v) is 6.87. The predicted molar refractivity (Wildman–Crippen MR) is 83.5 cm³/mol. The first-order chi connectivity index (χ1) is 10.0. The third-order valence-corrected chi connectivity index (χ3v) is 5.23. The fourth-order valence-corrected chi connectivity index (χ4v) is 3.78. The fourth-order valence-electron chi connectivity index (χ4n) is 3.78. The van der Waals surface area contributed by atoms with Gasteiger partial charge < -0.3 is 5.73 Å². The van der Waals surface area contributed by atoms with Crippen LogP contribution < -0.4 is 5.73 Å². The summed E-state index contributed by atoms with van der Waals surface area (Å²) in [6, 6.07) is 8.25. The highest BCUT2D eigenvalue weighted by Crippen LogP contribution is 2.39. The van der Waals surface area contributed by atoms with E-state index in [1.54, 1.807) is 12.1 Å². The second-order valence-electron chi connectivity index (χ2n) is 6.87. The van der Waals surface area contributed by atoms with Gasteiger partial charge in [-0.15, -0.1) is 0 Å². The molecule has 0 spiro atoms. The molecule has 0 aromatic heterocycles. The van der Waals surface area contributed by atoms with Crippen molar-refractivity contribution in [3.8, 4) is 0 Å². The summed E-state index contributed by atoms with van der Waals surface area (Å²) in [5, 5.41) is 0. The Balaban J connectivity index is 1.73. The number of likely N-dealkylation sites (N-methyl/N-ethyl adjacent to an activating group) is 1. The number of rotatable bonds is 5. The van der Waals surface area contributed by atoms with Gasteiger partial charge >= 0.3 is 0 Å². The Morgan fingerprint density at radius 1 is 1.43 bits per heavy atom. The number of hydrogen-bond acceptors (Lipinski definition) is 3. The van der Waals surface area contributed by atoms with Gasteiger partial charge in [0.15, 0.2) is 0 Å². The Hall–Kier alpha value is -0.970.